The molecule has 0 aliphatic carbocycles. The molecular formula is C14H18N4S. The lowest BCUT2D eigenvalue weighted by molar-refractivity contribution is 0.685. The first kappa shape index (κ1) is 12.5. The van der Waals surface area contributed by atoms with E-state index in [0.717, 1.165) is 11.8 Å². The van der Waals surface area contributed by atoms with Crippen molar-refractivity contribution in [2.75, 3.05) is 11.1 Å². The monoisotopic (exact) mass is 274 g/mol. The zero-order chi connectivity index (χ0) is 13.1. The molecule has 1 fully saturated rings. The van der Waals surface area contributed by atoms with Crippen molar-refractivity contribution in [3.05, 3.63) is 42.5 Å². The Balaban J connectivity index is 1.59. The molecule has 0 amide bonds. The summed E-state index contributed by atoms with van der Waals surface area (Å²) in [6.45, 7) is 3.07. The van der Waals surface area contributed by atoms with Crippen molar-refractivity contribution < 1.29 is 0 Å². The summed E-state index contributed by atoms with van der Waals surface area (Å²) in [6.07, 6.45) is 4.56. The van der Waals surface area contributed by atoms with Crippen LogP contribution in [0.3, 0.4) is 0 Å². The first-order valence-electron chi connectivity index (χ1n) is 6.59. The molecule has 0 spiro atoms. The molecular weight excluding hydrogens is 256 g/mol. The van der Waals surface area contributed by atoms with Gasteiger partial charge in [-0.3, -0.25) is 0 Å². The number of nitrogens with zero attached hydrogens (tertiary/aromatic N) is 3. The lowest BCUT2D eigenvalue weighted by Gasteiger charge is -2.13. The van der Waals surface area contributed by atoms with Crippen molar-refractivity contribution in [1.29, 1.82) is 0 Å². The molecule has 1 N–H and O–H groups in total. The summed E-state index contributed by atoms with van der Waals surface area (Å²) >= 11 is 2.05. The van der Waals surface area contributed by atoms with Gasteiger partial charge in [0.2, 0.25) is 0 Å². The SMILES string of the molecule is CC1CC(Nc2ccc(Cn3cncn3)cc2)CS1. The van der Waals surface area contributed by atoms with Crippen LogP contribution in [0.4, 0.5) is 5.69 Å². The van der Waals surface area contributed by atoms with Gasteiger partial charge in [0.1, 0.15) is 12.7 Å². The maximum atomic E-state index is 4.11. The Morgan fingerprint density at radius 3 is 2.84 bits per heavy atom. The van der Waals surface area contributed by atoms with Gasteiger partial charge in [0.25, 0.3) is 0 Å². The van der Waals surface area contributed by atoms with Crippen LogP contribution in [-0.2, 0) is 6.54 Å². The summed E-state index contributed by atoms with van der Waals surface area (Å²) in [4.78, 5) is 3.95. The first-order valence-corrected chi connectivity index (χ1v) is 7.64. The summed E-state index contributed by atoms with van der Waals surface area (Å²) < 4.78 is 1.83. The molecule has 1 aliphatic rings. The average molecular weight is 274 g/mol. The number of hydrogen-bond acceptors (Lipinski definition) is 4. The van der Waals surface area contributed by atoms with E-state index in [1.165, 1.54) is 23.4 Å². The third kappa shape index (κ3) is 3.29. The summed E-state index contributed by atoms with van der Waals surface area (Å²) in [6, 6.07) is 9.21. The van der Waals surface area contributed by atoms with Crippen molar-refractivity contribution in [3.63, 3.8) is 0 Å². The Morgan fingerprint density at radius 1 is 1.37 bits per heavy atom. The number of nitrogens with one attached hydrogen (secondary N) is 1. The Labute approximate surface area is 117 Å². The van der Waals surface area contributed by atoms with Crippen LogP contribution in [0.5, 0.6) is 0 Å². The van der Waals surface area contributed by atoms with E-state index < -0.39 is 0 Å². The van der Waals surface area contributed by atoms with Crippen molar-refractivity contribution >= 4 is 17.4 Å². The fraction of sp³-hybridized carbons (Fsp3) is 0.429. The van der Waals surface area contributed by atoms with Crippen LogP contribution in [0, 0.1) is 0 Å². The zero-order valence-electron chi connectivity index (χ0n) is 11.0. The number of aromatic nitrogens is 3. The quantitative estimate of drug-likeness (QED) is 0.930. The molecule has 2 unspecified atom stereocenters. The summed E-state index contributed by atoms with van der Waals surface area (Å²) in [5.74, 6) is 1.21. The highest BCUT2D eigenvalue weighted by Gasteiger charge is 2.21. The van der Waals surface area contributed by atoms with E-state index in [9.17, 15) is 0 Å². The molecule has 100 valence electrons. The third-order valence-corrected chi connectivity index (χ3v) is 4.69. The van der Waals surface area contributed by atoms with Crippen LogP contribution < -0.4 is 5.32 Å². The molecule has 5 heteroatoms. The van der Waals surface area contributed by atoms with Gasteiger partial charge in [0.05, 0.1) is 6.54 Å². The third-order valence-electron chi connectivity index (χ3n) is 3.33. The maximum absolute atomic E-state index is 4.11. The van der Waals surface area contributed by atoms with E-state index in [2.05, 4.69) is 46.6 Å². The van der Waals surface area contributed by atoms with Crippen LogP contribution in [-0.4, -0.2) is 31.8 Å². The van der Waals surface area contributed by atoms with Crippen LogP contribution in [0.2, 0.25) is 0 Å². The van der Waals surface area contributed by atoms with E-state index in [-0.39, 0.29) is 0 Å². The van der Waals surface area contributed by atoms with Gasteiger partial charge >= 0.3 is 0 Å². The Kier molecular flexibility index (Phi) is 3.73. The number of benzene rings is 1. The lowest BCUT2D eigenvalue weighted by atomic mass is 10.1. The minimum Gasteiger partial charge on any atom is -0.381 e. The normalized spacial score (nSPS) is 22.6. The Bertz CT molecular complexity index is 509. The smallest absolute Gasteiger partial charge is 0.137 e. The van der Waals surface area contributed by atoms with E-state index in [1.807, 2.05) is 16.4 Å². The van der Waals surface area contributed by atoms with E-state index in [1.54, 1.807) is 12.7 Å². The molecule has 1 aromatic carbocycles. The van der Waals surface area contributed by atoms with Crippen LogP contribution in [0.25, 0.3) is 0 Å². The summed E-state index contributed by atoms with van der Waals surface area (Å²) in [5.41, 5.74) is 2.45. The van der Waals surface area contributed by atoms with Gasteiger partial charge in [-0.2, -0.15) is 16.9 Å². The molecule has 4 nitrogen and oxygen atoms in total. The van der Waals surface area contributed by atoms with Gasteiger partial charge in [0.15, 0.2) is 0 Å². The molecule has 1 aliphatic heterocycles. The van der Waals surface area contributed by atoms with Crippen LogP contribution >= 0.6 is 11.8 Å². The minimum absolute atomic E-state index is 0.612. The van der Waals surface area contributed by atoms with E-state index >= 15 is 0 Å². The van der Waals surface area contributed by atoms with Crippen molar-refractivity contribution in [2.24, 2.45) is 0 Å². The predicted molar refractivity (Wildman–Crippen MR) is 79.5 cm³/mol. The predicted octanol–water partition coefficient (Wildman–Crippen LogP) is 2.63. The van der Waals surface area contributed by atoms with Gasteiger partial charge in [-0.05, 0) is 24.1 Å². The minimum atomic E-state index is 0.612. The Morgan fingerprint density at radius 2 is 2.21 bits per heavy atom. The van der Waals surface area contributed by atoms with Gasteiger partial charge in [-0.1, -0.05) is 19.1 Å². The number of hydrogen-bond donors (Lipinski definition) is 1. The molecule has 1 saturated heterocycles. The molecule has 19 heavy (non-hydrogen) atoms. The molecule has 0 saturated carbocycles. The largest absolute Gasteiger partial charge is 0.381 e. The second-order valence-electron chi connectivity index (χ2n) is 5.01. The molecule has 2 heterocycles. The molecule has 2 aromatic rings. The second-order valence-corrected chi connectivity index (χ2v) is 6.48. The summed E-state index contributed by atoms with van der Waals surface area (Å²) in [5, 5.41) is 8.50. The molecule has 1 aromatic heterocycles. The van der Waals surface area contributed by atoms with Crippen molar-refractivity contribution in [3.8, 4) is 0 Å². The highest BCUT2D eigenvalue weighted by molar-refractivity contribution is 8.00. The molecule has 0 bridgehead atoms. The number of rotatable bonds is 4. The highest BCUT2D eigenvalue weighted by atomic mass is 32.2. The van der Waals surface area contributed by atoms with Gasteiger partial charge in [-0.15, -0.1) is 0 Å². The van der Waals surface area contributed by atoms with Crippen LogP contribution in [0.15, 0.2) is 36.9 Å². The van der Waals surface area contributed by atoms with E-state index in [4.69, 9.17) is 0 Å². The fourth-order valence-electron chi connectivity index (χ4n) is 2.36. The highest BCUT2D eigenvalue weighted by Crippen LogP contribution is 2.28. The fourth-order valence-corrected chi connectivity index (χ4v) is 3.51. The first-order chi connectivity index (χ1) is 9.29. The van der Waals surface area contributed by atoms with Crippen molar-refractivity contribution in [1.82, 2.24) is 14.8 Å². The number of anilines is 1. The standard InChI is InChI=1S/C14H18N4S/c1-11-6-14(8-19-11)17-13-4-2-12(3-5-13)7-18-10-15-9-16-18/h2-5,9-11,14,17H,6-8H2,1H3. The number of thioether (sulfide) groups is 1. The lowest BCUT2D eigenvalue weighted by Crippen LogP contribution is -2.18. The van der Waals surface area contributed by atoms with Gasteiger partial charge in [-0.25, -0.2) is 9.67 Å². The van der Waals surface area contributed by atoms with Gasteiger partial charge < -0.3 is 5.32 Å². The molecule has 0 radical (unpaired) electrons. The van der Waals surface area contributed by atoms with E-state index in [0.29, 0.717) is 6.04 Å². The van der Waals surface area contributed by atoms with Crippen molar-refractivity contribution in [2.45, 2.75) is 31.2 Å². The Hall–Kier alpha value is -1.49. The molecule has 3 rings (SSSR count). The zero-order valence-corrected chi connectivity index (χ0v) is 11.8. The molecule has 2 atom stereocenters. The van der Waals surface area contributed by atoms with Gasteiger partial charge in [0, 0.05) is 22.7 Å². The maximum Gasteiger partial charge on any atom is 0.137 e. The topological polar surface area (TPSA) is 42.7 Å². The average Bonchev–Trinajstić information content (AvgIpc) is 3.04. The van der Waals surface area contributed by atoms with Crippen LogP contribution in [0.1, 0.15) is 18.9 Å². The summed E-state index contributed by atoms with van der Waals surface area (Å²) in [7, 11) is 0. The second kappa shape index (κ2) is 5.65.